The van der Waals surface area contributed by atoms with E-state index in [-0.39, 0.29) is 0 Å². The van der Waals surface area contributed by atoms with E-state index in [1.807, 2.05) is 31.4 Å². The van der Waals surface area contributed by atoms with Crippen molar-refractivity contribution >= 4 is 38.4 Å². The number of nitrogens with zero attached hydrogens (tertiary/aromatic N) is 1. The Kier molecular flexibility index (Phi) is 4.03. The van der Waals surface area contributed by atoms with Gasteiger partial charge in [-0.1, -0.05) is 12.1 Å². The van der Waals surface area contributed by atoms with Gasteiger partial charge in [-0.05, 0) is 38.1 Å². The van der Waals surface area contributed by atoms with Gasteiger partial charge >= 0.3 is 0 Å². The summed E-state index contributed by atoms with van der Waals surface area (Å²) in [5.74, 6) is 0. The zero-order valence-corrected chi connectivity index (χ0v) is 14.5. The third-order valence-corrected chi connectivity index (χ3v) is 6.68. The average molecular weight is 350 g/mol. The normalized spacial score (nSPS) is 11.5. The lowest BCUT2D eigenvalue weighted by Gasteiger charge is -2.06. The Bertz CT molecular complexity index is 893. The van der Waals surface area contributed by atoms with Gasteiger partial charge in [-0.15, -0.1) is 22.7 Å². The Hall–Kier alpha value is -1.70. The van der Waals surface area contributed by atoms with Crippen molar-refractivity contribution in [2.75, 3.05) is 4.72 Å². The molecule has 2 heterocycles. The van der Waals surface area contributed by atoms with Crippen LogP contribution in [0.5, 0.6) is 0 Å². The molecule has 0 radical (unpaired) electrons. The highest BCUT2D eigenvalue weighted by Gasteiger charge is 2.16. The number of hydrogen-bond donors (Lipinski definition) is 1. The molecule has 0 amide bonds. The molecule has 1 aromatic carbocycles. The Morgan fingerprint density at radius 2 is 1.77 bits per heavy atom. The molecule has 0 aliphatic rings. The Morgan fingerprint density at radius 3 is 2.32 bits per heavy atom. The quantitative estimate of drug-likeness (QED) is 0.763. The van der Waals surface area contributed by atoms with Gasteiger partial charge in [0.05, 0.1) is 10.7 Å². The van der Waals surface area contributed by atoms with Crippen molar-refractivity contribution in [3.63, 3.8) is 0 Å². The summed E-state index contributed by atoms with van der Waals surface area (Å²) in [5, 5.41) is 3.00. The van der Waals surface area contributed by atoms with Crippen LogP contribution in [0.4, 0.5) is 5.69 Å². The van der Waals surface area contributed by atoms with Gasteiger partial charge in [-0.3, -0.25) is 4.72 Å². The zero-order chi connectivity index (χ0) is 15.7. The van der Waals surface area contributed by atoms with Gasteiger partial charge in [0.25, 0.3) is 10.0 Å². The van der Waals surface area contributed by atoms with Gasteiger partial charge in [0.2, 0.25) is 0 Å². The number of aryl methyl sites for hydroxylation is 2. The number of aromatic nitrogens is 1. The Balaban J connectivity index is 1.82. The molecule has 0 saturated heterocycles. The molecule has 7 heteroatoms. The Labute approximate surface area is 137 Å². The van der Waals surface area contributed by atoms with Crippen molar-refractivity contribution in [2.24, 2.45) is 0 Å². The van der Waals surface area contributed by atoms with Crippen molar-refractivity contribution < 1.29 is 8.42 Å². The number of rotatable bonds is 4. The fourth-order valence-corrected chi connectivity index (χ4v) is 4.93. The van der Waals surface area contributed by atoms with Crippen LogP contribution in [-0.4, -0.2) is 13.4 Å². The lowest BCUT2D eigenvalue weighted by atomic mass is 10.1. The second-order valence-electron chi connectivity index (χ2n) is 4.80. The molecule has 0 unspecified atom stereocenters. The molecule has 3 aromatic rings. The highest BCUT2D eigenvalue weighted by atomic mass is 32.2. The number of thiazole rings is 1. The van der Waals surface area contributed by atoms with Gasteiger partial charge < -0.3 is 0 Å². The van der Waals surface area contributed by atoms with Crippen molar-refractivity contribution in [2.45, 2.75) is 18.1 Å². The van der Waals surface area contributed by atoms with Crippen LogP contribution in [-0.2, 0) is 10.0 Å². The lowest BCUT2D eigenvalue weighted by molar-refractivity contribution is 0.603. The summed E-state index contributed by atoms with van der Waals surface area (Å²) in [4.78, 5) is 5.38. The molecule has 114 valence electrons. The maximum Gasteiger partial charge on any atom is 0.271 e. The van der Waals surface area contributed by atoms with Gasteiger partial charge in [-0.2, -0.15) is 0 Å². The van der Waals surface area contributed by atoms with E-state index in [2.05, 4.69) is 9.71 Å². The predicted molar refractivity (Wildman–Crippen MR) is 92.2 cm³/mol. The first-order chi connectivity index (χ1) is 10.4. The molecule has 22 heavy (non-hydrogen) atoms. The minimum absolute atomic E-state index is 0.323. The molecule has 0 fully saturated rings. The summed E-state index contributed by atoms with van der Waals surface area (Å²) in [6.45, 7) is 3.84. The number of thiophene rings is 1. The molecule has 4 nitrogen and oxygen atoms in total. The molecule has 1 N–H and O–H groups in total. The van der Waals surface area contributed by atoms with E-state index in [4.69, 9.17) is 0 Å². The van der Waals surface area contributed by atoms with E-state index < -0.39 is 10.0 Å². The number of sulfonamides is 1. The molecule has 2 aromatic heterocycles. The highest BCUT2D eigenvalue weighted by Crippen LogP contribution is 2.26. The van der Waals surface area contributed by atoms with Crippen molar-refractivity contribution in [3.8, 4) is 11.3 Å². The predicted octanol–water partition coefficient (Wildman–Crippen LogP) is 4.29. The van der Waals surface area contributed by atoms with Gasteiger partial charge in [0.1, 0.15) is 4.21 Å². The van der Waals surface area contributed by atoms with Crippen LogP contribution in [0, 0.1) is 13.8 Å². The van der Waals surface area contributed by atoms with E-state index in [9.17, 15) is 8.42 Å². The largest absolute Gasteiger partial charge is 0.279 e. The van der Waals surface area contributed by atoms with Crippen molar-refractivity contribution in [3.05, 3.63) is 51.7 Å². The SMILES string of the molecule is Cc1ccc(S(=O)(=O)Nc2ccc(-c3csc(C)n3)cc2)s1. The van der Waals surface area contributed by atoms with Crippen LogP contribution in [0.15, 0.2) is 46.0 Å². The van der Waals surface area contributed by atoms with Gasteiger partial charge in [0, 0.05) is 21.5 Å². The minimum atomic E-state index is -3.51. The number of anilines is 1. The third-order valence-electron chi connectivity index (χ3n) is 3.03. The van der Waals surface area contributed by atoms with Gasteiger partial charge in [-0.25, -0.2) is 13.4 Å². The Morgan fingerprint density at radius 1 is 1.05 bits per heavy atom. The number of hydrogen-bond acceptors (Lipinski definition) is 5. The average Bonchev–Trinajstić information content (AvgIpc) is 3.08. The summed E-state index contributed by atoms with van der Waals surface area (Å²) >= 11 is 2.85. The van der Waals surface area contributed by atoms with Crippen LogP contribution in [0.25, 0.3) is 11.3 Å². The summed E-state index contributed by atoms with van der Waals surface area (Å²) in [6, 6.07) is 10.7. The van der Waals surface area contributed by atoms with E-state index in [0.717, 1.165) is 21.1 Å². The van der Waals surface area contributed by atoms with Crippen LogP contribution in [0.3, 0.4) is 0 Å². The van der Waals surface area contributed by atoms with E-state index in [0.29, 0.717) is 9.90 Å². The second kappa shape index (κ2) is 5.83. The maximum atomic E-state index is 12.3. The smallest absolute Gasteiger partial charge is 0.271 e. The van der Waals surface area contributed by atoms with E-state index in [1.54, 1.807) is 35.6 Å². The van der Waals surface area contributed by atoms with E-state index in [1.165, 1.54) is 11.3 Å². The summed E-state index contributed by atoms with van der Waals surface area (Å²) < 4.78 is 27.4. The number of nitrogens with one attached hydrogen (secondary N) is 1. The molecular weight excluding hydrogens is 336 g/mol. The first kappa shape index (κ1) is 15.2. The molecule has 0 aliphatic carbocycles. The fraction of sp³-hybridized carbons (Fsp3) is 0.133. The third kappa shape index (κ3) is 3.21. The van der Waals surface area contributed by atoms with Crippen LogP contribution >= 0.6 is 22.7 Å². The first-order valence-electron chi connectivity index (χ1n) is 6.56. The molecule has 0 aliphatic heterocycles. The first-order valence-corrected chi connectivity index (χ1v) is 9.74. The standard InChI is InChI=1S/C15H14N2O2S3/c1-10-3-8-15(21-10)22(18,19)17-13-6-4-12(5-7-13)14-9-20-11(2)16-14/h3-9,17H,1-2H3. The minimum Gasteiger partial charge on any atom is -0.279 e. The monoisotopic (exact) mass is 350 g/mol. The summed E-state index contributed by atoms with van der Waals surface area (Å²) in [7, 11) is -3.51. The second-order valence-corrected chi connectivity index (χ2v) is 9.06. The van der Waals surface area contributed by atoms with Crippen LogP contribution < -0.4 is 4.72 Å². The van der Waals surface area contributed by atoms with E-state index >= 15 is 0 Å². The fourth-order valence-electron chi connectivity index (χ4n) is 1.97. The molecule has 0 spiro atoms. The van der Waals surface area contributed by atoms with Crippen molar-refractivity contribution in [1.82, 2.24) is 4.98 Å². The molecule has 0 atom stereocenters. The van der Waals surface area contributed by atoms with Gasteiger partial charge in [0.15, 0.2) is 0 Å². The molecule has 3 rings (SSSR count). The van der Waals surface area contributed by atoms with Crippen LogP contribution in [0.1, 0.15) is 9.88 Å². The molecular formula is C15H14N2O2S3. The molecule has 0 saturated carbocycles. The molecule has 0 bridgehead atoms. The highest BCUT2D eigenvalue weighted by molar-refractivity contribution is 7.94. The topological polar surface area (TPSA) is 59.1 Å². The zero-order valence-electron chi connectivity index (χ0n) is 12.0. The number of benzene rings is 1. The van der Waals surface area contributed by atoms with Crippen LogP contribution in [0.2, 0.25) is 0 Å². The maximum absolute atomic E-state index is 12.3. The lowest BCUT2D eigenvalue weighted by Crippen LogP contribution is -2.11. The summed E-state index contributed by atoms with van der Waals surface area (Å²) in [6.07, 6.45) is 0. The summed E-state index contributed by atoms with van der Waals surface area (Å²) in [5.41, 5.74) is 2.42. The van der Waals surface area contributed by atoms with Crippen molar-refractivity contribution in [1.29, 1.82) is 0 Å².